The number of hydrogen-bond acceptors (Lipinski definition) is 4. The first kappa shape index (κ1) is 24.7. The molecule has 8 heteroatoms. The first-order valence-corrected chi connectivity index (χ1v) is 13.6. The summed E-state index contributed by atoms with van der Waals surface area (Å²) in [5.74, 6) is -0.421. The summed E-state index contributed by atoms with van der Waals surface area (Å²) in [4.78, 5) is 27.5. The Morgan fingerprint density at radius 1 is 0.892 bits per heavy atom. The summed E-state index contributed by atoms with van der Waals surface area (Å²) >= 11 is 0. The molecule has 0 unspecified atom stereocenters. The number of para-hydroxylation sites is 1. The lowest BCUT2D eigenvalue weighted by Crippen LogP contribution is -2.27. The molecule has 7 nitrogen and oxygen atoms in total. The Morgan fingerprint density at radius 3 is 2.19 bits per heavy atom. The van der Waals surface area contributed by atoms with E-state index in [1.54, 1.807) is 17.0 Å². The Balaban J connectivity index is 1.25. The summed E-state index contributed by atoms with van der Waals surface area (Å²) in [6.07, 6.45) is 5.41. The molecule has 2 aliphatic rings. The van der Waals surface area contributed by atoms with Crippen molar-refractivity contribution in [1.29, 1.82) is 0 Å². The van der Waals surface area contributed by atoms with Crippen LogP contribution >= 0.6 is 0 Å². The smallest absolute Gasteiger partial charge is 0.262 e. The Labute approximate surface area is 216 Å². The Bertz CT molecular complexity index is 1490. The summed E-state index contributed by atoms with van der Waals surface area (Å²) in [5, 5.41) is 2.83. The molecule has 0 aliphatic carbocycles. The van der Waals surface area contributed by atoms with E-state index in [2.05, 4.69) is 5.32 Å². The third-order valence-electron chi connectivity index (χ3n) is 6.53. The van der Waals surface area contributed by atoms with Crippen LogP contribution in [0, 0.1) is 0 Å². The van der Waals surface area contributed by atoms with Crippen molar-refractivity contribution < 1.29 is 18.0 Å². The van der Waals surface area contributed by atoms with Crippen LogP contribution < -0.4 is 10.2 Å². The van der Waals surface area contributed by atoms with Gasteiger partial charge in [-0.25, -0.2) is 8.42 Å². The highest BCUT2D eigenvalue weighted by atomic mass is 32.2. The quantitative estimate of drug-likeness (QED) is 0.467. The van der Waals surface area contributed by atoms with E-state index < -0.39 is 10.0 Å². The number of hydrogen-bond donors (Lipinski definition) is 1. The SMILES string of the molecule is CC1=CN(c2ccccc2)C(=O)/C1=C/c1ccc(NC(=O)c2ccc(S(=O)(=O)N3CCCC3)cc2)cc1. The van der Waals surface area contributed by atoms with E-state index in [0.717, 1.165) is 29.7 Å². The molecule has 1 fully saturated rings. The number of carbonyl (C=O) groups is 2. The van der Waals surface area contributed by atoms with E-state index in [1.165, 1.54) is 28.6 Å². The third kappa shape index (κ3) is 5.12. The molecule has 0 saturated carbocycles. The molecular formula is C29H27N3O4S. The van der Waals surface area contributed by atoms with Gasteiger partial charge in [-0.1, -0.05) is 30.3 Å². The molecular weight excluding hydrogens is 486 g/mol. The van der Waals surface area contributed by atoms with Crippen LogP contribution in [0.4, 0.5) is 11.4 Å². The zero-order valence-corrected chi connectivity index (χ0v) is 21.2. The largest absolute Gasteiger partial charge is 0.322 e. The van der Waals surface area contributed by atoms with Gasteiger partial charge in [0.1, 0.15) is 0 Å². The van der Waals surface area contributed by atoms with Crippen molar-refractivity contribution in [2.75, 3.05) is 23.3 Å². The van der Waals surface area contributed by atoms with E-state index >= 15 is 0 Å². The lowest BCUT2D eigenvalue weighted by Gasteiger charge is -2.15. The molecule has 1 saturated heterocycles. The Morgan fingerprint density at radius 2 is 1.54 bits per heavy atom. The average Bonchev–Trinajstić information content (AvgIpc) is 3.56. The molecule has 0 spiro atoms. The predicted molar refractivity (Wildman–Crippen MR) is 144 cm³/mol. The van der Waals surface area contributed by atoms with Crippen molar-refractivity contribution >= 4 is 39.3 Å². The molecule has 5 rings (SSSR count). The molecule has 37 heavy (non-hydrogen) atoms. The van der Waals surface area contributed by atoms with Crippen LogP contribution in [-0.4, -0.2) is 37.6 Å². The van der Waals surface area contributed by atoms with Gasteiger partial charge in [0, 0.05) is 41.8 Å². The third-order valence-corrected chi connectivity index (χ3v) is 8.44. The number of carbonyl (C=O) groups excluding carboxylic acids is 2. The zero-order chi connectivity index (χ0) is 26.0. The molecule has 1 N–H and O–H groups in total. The van der Waals surface area contributed by atoms with Gasteiger partial charge in [0.2, 0.25) is 10.0 Å². The van der Waals surface area contributed by atoms with Crippen LogP contribution in [0.25, 0.3) is 6.08 Å². The van der Waals surface area contributed by atoms with Crippen LogP contribution in [0.5, 0.6) is 0 Å². The molecule has 0 radical (unpaired) electrons. The van der Waals surface area contributed by atoms with Gasteiger partial charge in [-0.05, 0) is 85.5 Å². The normalized spacial score (nSPS) is 17.3. The van der Waals surface area contributed by atoms with Crippen LogP contribution in [0.1, 0.15) is 35.7 Å². The minimum Gasteiger partial charge on any atom is -0.322 e. The highest BCUT2D eigenvalue weighted by molar-refractivity contribution is 7.89. The minimum absolute atomic E-state index is 0.0868. The van der Waals surface area contributed by atoms with Crippen LogP contribution in [-0.2, 0) is 14.8 Å². The van der Waals surface area contributed by atoms with E-state index in [9.17, 15) is 18.0 Å². The van der Waals surface area contributed by atoms with Crippen LogP contribution in [0.3, 0.4) is 0 Å². The van der Waals surface area contributed by atoms with Gasteiger partial charge in [-0.2, -0.15) is 4.31 Å². The van der Waals surface area contributed by atoms with Gasteiger partial charge >= 0.3 is 0 Å². The molecule has 188 valence electrons. The number of anilines is 2. The fraction of sp³-hybridized carbons (Fsp3) is 0.172. The minimum atomic E-state index is -3.52. The Kier molecular flexibility index (Phi) is 6.78. The summed E-state index contributed by atoms with van der Waals surface area (Å²) in [6.45, 7) is 2.97. The van der Waals surface area contributed by atoms with E-state index in [0.29, 0.717) is 29.9 Å². The van der Waals surface area contributed by atoms with Crippen molar-refractivity contribution in [3.05, 3.63) is 107 Å². The molecule has 3 aromatic carbocycles. The van der Waals surface area contributed by atoms with Gasteiger partial charge in [0.25, 0.3) is 11.8 Å². The maximum atomic E-state index is 13.0. The zero-order valence-electron chi connectivity index (χ0n) is 20.4. The number of nitrogens with one attached hydrogen (secondary N) is 1. The standard InChI is InChI=1S/C29H27N3O4S/c1-21-20-32(25-7-3-2-4-8-25)29(34)27(21)19-22-9-13-24(14-10-22)30-28(33)23-11-15-26(16-12-23)37(35,36)31-17-5-6-18-31/h2-4,7-16,19-20H,5-6,17-18H2,1H3,(H,30,33)/b27-19+. The molecule has 2 aliphatic heterocycles. The maximum Gasteiger partial charge on any atom is 0.262 e. The van der Waals surface area contributed by atoms with Gasteiger partial charge < -0.3 is 5.32 Å². The molecule has 2 amide bonds. The molecule has 0 atom stereocenters. The highest BCUT2D eigenvalue weighted by Gasteiger charge is 2.28. The summed E-state index contributed by atoms with van der Waals surface area (Å²) in [5.41, 5.74) is 4.10. The van der Waals surface area contributed by atoms with Crippen molar-refractivity contribution in [3.8, 4) is 0 Å². The Hall–Kier alpha value is -4.01. The molecule has 3 aromatic rings. The summed E-state index contributed by atoms with van der Waals surface area (Å²) < 4.78 is 26.9. The molecule has 2 heterocycles. The van der Waals surface area contributed by atoms with Gasteiger partial charge in [-0.3, -0.25) is 14.5 Å². The number of rotatable bonds is 6. The van der Waals surface area contributed by atoms with Gasteiger partial charge in [0.05, 0.1) is 4.90 Å². The van der Waals surface area contributed by atoms with Crippen molar-refractivity contribution in [1.82, 2.24) is 4.31 Å². The number of amides is 2. The summed E-state index contributed by atoms with van der Waals surface area (Å²) in [6, 6.07) is 22.7. The second kappa shape index (κ2) is 10.2. The first-order valence-electron chi connectivity index (χ1n) is 12.1. The summed E-state index contributed by atoms with van der Waals surface area (Å²) in [7, 11) is -3.52. The molecule has 0 aromatic heterocycles. The lowest BCUT2D eigenvalue weighted by atomic mass is 10.1. The van der Waals surface area contributed by atoms with Crippen molar-refractivity contribution in [3.63, 3.8) is 0 Å². The second-order valence-corrected chi connectivity index (χ2v) is 11.0. The molecule has 0 bridgehead atoms. The van der Waals surface area contributed by atoms with Gasteiger partial charge in [0.15, 0.2) is 0 Å². The second-order valence-electron chi connectivity index (χ2n) is 9.09. The van der Waals surface area contributed by atoms with E-state index in [4.69, 9.17) is 0 Å². The highest BCUT2D eigenvalue weighted by Crippen LogP contribution is 2.29. The van der Waals surface area contributed by atoms with Crippen LogP contribution in [0.2, 0.25) is 0 Å². The van der Waals surface area contributed by atoms with Gasteiger partial charge in [-0.15, -0.1) is 0 Å². The van der Waals surface area contributed by atoms with Crippen molar-refractivity contribution in [2.24, 2.45) is 0 Å². The monoisotopic (exact) mass is 513 g/mol. The maximum absolute atomic E-state index is 13.0. The lowest BCUT2D eigenvalue weighted by molar-refractivity contribution is -0.113. The topological polar surface area (TPSA) is 86.8 Å². The van der Waals surface area contributed by atoms with Crippen molar-refractivity contribution in [2.45, 2.75) is 24.7 Å². The van der Waals surface area contributed by atoms with E-state index in [-0.39, 0.29) is 16.7 Å². The van der Waals surface area contributed by atoms with E-state index in [1.807, 2.05) is 61.7 Å². The predicted octanol–water partition coefficient (Wildman–Crippen LogP) is 5.06. The van der Waals surface area contributed by atoms with Crippen LogP contribution in [0.15, 0.2) is 101 Å². The fourth-order valence-corrected chi connectivity index (χ4v) is 5.98. The number of sulfonamides is 1. The fourth-order valence-electron chi connectivity index (χ4n) is 4.46. The number of nitrogens with zero attached hydrogens (tertiary/aromatic N) is 2. The first-order chi connectivity index (χ1) is 17.8. The average molecular weight is 514 g/mol. The number of benzene rings is 3.